The van der Waals surface area contributed by atoms with Crippen LogP contribution in [-0.2, 0) is 14.9 Å². The third-order valence-corrected chi connectivity index (χ3v) is 4.93. The normalized spacial score (nSPS) is 19.2. The van der Waals surface area contributed by atoms with E-state index in [1.165, 1.54) is 5.56 Å². The first kappa shape index (κ1) is 17.7. The fraction of sp³-hybridized carbons (Fsp3) is 0.550. The highest BCUT2D eigenvalue weighted by molar-refractivity contribution is 6.17. The zero-order chi connectivity index (χ0) is 16.9. The summed E-state index contributed by atoms with van der Waals surface area (Å²) in [6, 6.07) is 8.37. The fourth-order valence-electron chi connectivity index (χ4n) is 3.62. The van der Waals surface area contributed by atoms with Crippen molar-refractivity contribution in [2.45, 2.75) is 45.4 Å². The number of carbonyl (C=O) groups excluding carboxylic acids is 1. The van der Waals surface area contributed by atoms with Crippen LogP contribution in [0.2, 0.25) is 0 Å². The lowest BCUT2D eigenvalue weighted by molar-refractivity contribution is -0.136. The molecule has 2 aliphatic rings. The van der Waals surface area contributed by atoms with E-state index in [0.717, 1.165) is 43.5 Å². The Hall–Kier alpha value is -1.61. The van der Waals surface area contributed by atoms with Crippen LogP contribution in [-0.4, -0.2) is 37.6 Å². The molecule has 3 rings (SSSR count). The number of esters is 1. The SMILES string of the molecule is CC.CCOC(=O)C1=CCC2(CCN(C)CC2)c2ccccc21. The molecule has 23 heavy (non-hydrogen) atoms. The number of hydrogen-bond acceptors (Lipinski definition) is 3. The second-order valence-corrected chi connectivity index (χ2v) is 6.17. The van der Waals surface area contributed by atoms with Crippen molar-refractivity contribution in [2.75, 3.05) is 26.7 Å². The van der Waals surface area contributed by atoms with Crippen molar-refractivity contribution in [1.82, 2.24) is 4.90 Å². The smallest absolute Gasteiger partial charge is 0.338 e. The van der Waals surface area contributed by atoms with Gasteiger partial charge in [-0.15, -0.1) is 0 Å². The lowest BCUT2D eigenvalue weighted by Crippen LogP contribution is -2.42. The molecule has 3 nitrogen and oxygen atoms in total. The van der Waals surface area contributed by atoms with Crippen LogP contribution >= 0.6 is 0 Å². The van der Waals surface area contributed by atoms with E-state index in [-0.39, 0.29) is 11.4 Å². The number of likely N-dealkylation sites (tertiary alicyclic amines) is 1. The summed E-state index contributed by atoms with van der Waals surface area (Å²) in [7, 11) is 2.18. The highest BCUT2D eigenvalue weighted by Gasteiger charge is 2.39. The first-order valence-electron chi connectivity index (χ1n) is 8.82. The number of benzene rings is 1. The van der Waals surface area contributed by atoms with Crippen molar-refractivity contribution >= 4 is 11.5 Å². The van der Waals surface area contributed by atoms with Crippen LogP contribution < -0.4 is 0 Å². The van der Waals surface area contributed by atoms with Gasteiger partial charge in [-0.05, 0) is 57.5 Å². The predicted molar refractivity (Wildman–Crippen MR) is 95.4 cm³/mol. The number of carbonyl (C=O) groups is 1. The van der Waals surface area contributed by atoms with Crippen molar-refractivity contribution in [3.63, 3.8) is 0 Å². The highest BCUT2D eigenvalue weighted by Crippen LogP contribution is 2.45. The number of hydrogen-bond donors (Lipinski definition) is 0. The Morgan fingerprint density at radius 3 is 2.52 bits per heavy atom. The molecule has 1 heterocycles. The zero-order valence-corrected chi connectivity index (χ0v) is 14.9. The van der Waals surface area contributed by atoms with E-state index in [9.17, 15) is 4.79 Å². The molecule has 1 spiro atoms. The first-order chi connectivity index (χ1) is 11.2. The molecule has 0 N–H and O–H groups in total. The molecule has 0 radical (unpaired) electrons. The maximum Gasteiger partial charge on any atom is 0.338 e. The Labute approximate surface area is 140 Å². The third-order valence-electron chi connectivity index (χ3n) is 4.93. The molecule has 3 heteroatoms. The summed E-state index contributed by atoms with van der Waals surface area (Å²) in [4.78, 5) is 14.6. The molecule has 1 aliphatic carbocycles. The van der Waals surface area contributed by atoms with Crippen molar-refractivity contribution in [3.8, 4) is 0 Å². The molecule has 1 saturated heterocycles. The Morgan fingerprint density at radius 2 is 1.87 bits per heavy atom. The van der Waals surface area contributed by atoms with E-state index >= 15 is 0 Å². The number of piperidine rings is 1. The molecule has 0 saturated carbocycles. The van der Waals surface area contributed by atoms with E-state index in [0.29, 0.717) is 6.61 Å². The molecule has 126 valence electrons. The van der Waals surface area contributed by atoms with Crippen LogP contribution in [0.25, 0.3) is 5.57 Å². The van der Waals surface area contributed by atoms with E-state index < -0.39 is 0 Å². The molecule has 1 aliphatic heterocycles. The van der Waals surface area contributed by atoms with Gasteiger partial charge in [0.15, 0.2) is 0 Å². The second kappa shape index (κ2) is 7.78. The summed E-state index contributed by atoms with van der Waals surface area (Å²) < 4.78 is 5.22. The molecule has 0 aromatic heterocycles. The molecule has 0 amide bonds. The summed E-state index contributed by atoms with van der Waals surface area (Å²) in [6.45, 7) is 8.52. The molecule has 1 aromatic carbocycles. The number of ether oxygens (including phenoxy) is 1. The summed E-state index contributed by atoms with van der Waals surface area (Å²) in [5.74, 6) is -0.187. The predicted octanol–water partition coefficient (Wildman–Crippen LogP) is 4.03. The third kappa shape index (κ3) is 3.50. The van der Waals surface area contributed by atoms with Gasteiger partial charge in [-0.3, -0.25) is 0 Å². The Kier molecular flexibility index (Phi) is 6.00. The van der Waals surface area contributed by atoms with Crippen molar-refractivity contribution < 1.29 is 9.53 Å². The van der Waals surface area contributed by atoms with Crippen LogP contribution in [0, 0.1) is 0 Å². The Bertz CT molecular complexity index is 569. The maximum atomic E-state index is 12.2. The average molecular weight is 315 g/mol. The van der Waals surface area contributed by atoms with Crippen molar-refractivity contribution in [3.05, 3.63) is 41.5 Å². The number of allylic oxidation sites excluding steroid dienone is 1. The van der Waals surface area contributed by atoms with Gasteiger partial charge in [-0.2, -0.15) is 0 Å². The largest absolute Gasteiger partial charge is 0.462 e. The van der Waals surface area contributed by atoms with E-state index in [1.54, 1.807) is 0 Å². The zero-order valence-electron chi connectivity index (χ0n) is 14.9. The lowest BCUT2D eigenvalue weighted by Gasteiger charge is -2.43. The minimum atomic E-state index is -0.187. The highest BCUT2D eigenvalue weighted by atomic mass is 16.5. The monoisotopic (exact) mass is 315 g/mol. The van der Waals surface area contributed by atoms with Gasteiger partial charge in [0.1, 0.15) is 0 Å². The van der Waals surface area contributed by atoms with E-state index in [1.807, 2.05) is 26.8 Å². The van der Waals surface area contributed by atoms with E-state index in [2.05, 4.69) is 36.2 Å². The van der Waals surface area contributed by atoms with Gasteiger partial charge in [0.2, 0.25) is 0 Å². The van der Waals surface area contributed by atoms with Gasteiger partial charge in [-0.25, -0.2) is 4.79 Å². The van der Waals surface area contributed by atoms with Gasteiger partial charge in [-0.1, -0.05) is 44.2 Å². The first-order valence-corrected chi connectivity index (χ1v) is 8.82. The molecule has 1 fully saturated rings. The molecule has 0 atom stereocenters. The van der Waals surface area contributed by atoms with Crippen LogP contribution in [0.15, 0.2) is 30.3 Å². The minimum Gasteiger partial charge on any atom is -0.462 e. The standard InChI is InChI=1S/C18H23NO2.C2H6/c1-3-21-17(20)15-8-9-18(10-12-19(2)13-11-18)16-7-5-4-6-14(15)16;1-2/h4-8H,3,9-13H2,1-2H3;1-2H3. The summed E-state index contributed by atoms with van der Waals surface area (Å²) >= 11 is 0. The summed E-state index contributed by atoms with van der Waals surface area (Å²) in [5, 5.41) is 0. The molecule has 1 aromatic rings. The van der Waals surface area contributed by atoms with Crippen molar-refractivity contribution in [1.29, 1.82) is 0 Å². The van der Waals surface area contributed by atoms with E-state index in [4.69, 9.17) is 4.74 Å². The van der Waals surface area contributed by atoms with Crippen LogP contribution in [0.4, 0.5) is 0 Å². The van der Waals surface area contributed by atoms with Crippen LogP contribution in [0.5, 0.6) is 0 Å². The maximum absolute atomic E-state index is 12.2. The number of nitrogens with zero attached hydrogens (tertiary/aromatic N) is 1. The van der Waals surface area contributed by atoms with Crippen molar-refractivity contribution in [2.24, 2.45) is 0 Å². The van der Waals surface area contributed by atoms with Crippen LogP contribution in [0.1, 0.15) is 51.2 Å². The van der Waals surface area contributed by atoms with Gasteiger partial charge < -0.3 is 9.64 Å². The fourth-order valence-corrected chi connectivity index (χ4v) is 3.62. The Balaban J connectivity index is 0.000000924. The molecule has 0 bridgehead atoms. The average Bonchev–Trinajstić information content (AvgIpc) is 2.60. The molecule has 0 unspecified atom stereocenters. The quantitative estimate of drug-likeness (QED) is 0.772. The summed E-state index contributed by atoms with van der Waals surface area (Å²) in [6.07, 6.45) is 5.37. The summed E-state index contributed by atoms with van der Waals surface area (Å²) in [5.41, 5.74) is 3.37. The Morgan fingerprint density at radius 1 is 1.22 bits per heavy atom. The topological polar surface area (TPSA) is 29.5 Å². The lowest BCUT2D eigenvalue weighted by atomic mass is 9.65. The number of fused-ring (bicyclic) bond motifs is 2. The van der Waals surface area contributed by atoms with Gasteiger partial charge in [0, 0.05) is 5.41 Å². The van der Waals surface area contributed by atoms with Gasteiger partial charge in [0.05, 0.1) is 12.2 Å². The van der Waals surface area contributed by atoms with Crippen LogP contribution in [0.3, 0.4) is 0 Å². The number of rotatable bonds is 2. The molecular weight excluding hydrogens is 286 g/mol. The van der Waals surface area contributed by atoms with Gasteiger partial charge in [0.25, 0.3) is 0 Å². The minimum absolute atomic E-state index is 0.187. The van der Waals surface area contributed by atoms with Gasteiger partial charge >= 0.3 is 5.97 Å². The second-order valence-electron chi connectivity index (χ2n) is 6.17. The molecular formula is C20H29NO2.